The Hall–Kier alpha value is -2.67. The molecule has 0 spiro atoms. The molecular weight excluding hydrogens is 422 g/mol. The molecule has 3 heterocycles. The fourth-order valence-corrected chi connectivity index (χ4v) is 5.15. The van der Waals surface area contributed by atoms with Crippen LogP contribution in [0.15, 0.2) is 52.1 Å². The van der Waals surface area contributed by atoms with E-state index in [0.717, 1.165) is 21.6 Å². The zero-order valence-electron chi connectivity index (χ0n) is 14.2. The monoisotopic (exact) mass is 435 g/mol. The van der Waals surface area contributed by atoms with Crippen molar-refractivity contribution in [1.82, 2.24) is 19.3 Å². The Bertz CT molecular complexity index is 1240. The van der Waals surface area contributed by atoms with E-state index in [2.05, 4.69) is 14.8 Å². The fourth-order valence-electron chi connectivity index (χ4n) is 2.57. The van der Waals surface area contributed by atoms with E-state index in [4.69, 9.17) is 0 Å². The summed E-state index contributed by atoms with van der Waals surface area (Å²) in [6, 6.07) is 8.82. The summed E-state index contributed by atoms with van der Waals surface area (Å²) in [6.07, 6.45) is 0.404. The third-order valence-corrected chi connectivity index (χ3v) is 7.09. The molecule has 4 aromatic rings. The van der Waals surface area contributed by atoms with Gasteiger partial charge in [-0.1, -0.05) is 12.1 Å². The van der Waals surface area contributed by atoms with Gasteiger partial charge in [-0.25, -0.2) is 17.7 Å². The van der Waals surface area contributed by atoms with E-state index >= 15 is 0 Å². The highest BCUT2D eigenvalue weighted by molar-refractivity contribution is 7.89. The summed E-state index contributed by atoms with van der Waals surface area (Å²) in [4.78, 5) is 16.3. The first-order chi connectivity index (χ1) is 13.4. The zero-order chi connectivity index (χ0) is 19.7. The molecule has 0 saturated heterocycles. The molecule has 0 radical (unpaired) electrons. The third-order valence-electron chi connectivity index (χ3n) is 3.90. The van der Waals surface area contributed by atoms with Crippen LogP contribution in [0.5, 0.6) is 0 Å². The number of nitro benzene ring substituents is 1. The molecule has 0 bridgehead atoms. The van der Waals surface area contributed by atoms with Gasteiger partial charge in [-0.15, -0.1) is 27.8 Å². The maximum Gasteiger partial charge on any atom is 0.270 e. The second-order valence-electron chi connectivity index (χ2n) is 5.74. The molecular formula is C16H13N5O4S3. The summed E-state index contributed by atoms with van der Waals surface area (Å²) in [6.45, 7) is 0.130. The smallest absolute Gasteiger partial charge is 0.258 e. The van der Waals surface area contributed by atoms with Gasteiger partial charge in [0.25, 0.3) is 5.69 Å². The lowest BCUT2D eigenvalue weighted by Gasteiger charge is -2.06. The number of aromatic nitrogens is 3. The van der Waals surface area contributed by atoms with Gasteiger partial charge >= 0.3 is 0 Å². The molecule has 4 rings (SSSR count). The normalized spacial score (nSPS) is 11.9. The molecule has 0 fully saturated rings. The van der Waals surface area contributed by atoms with Gasteiger partial charge in [0, 0.05) is 30.5 Å². The predicted octanol–water partition coefficient (Wildman–Crippen LogP) is 2.95. The topological polar surface area (TPSA) is 120 Å². The molecule has 1 aromatic carbocycles. The van der Waals surface area contributed by atoms with Crippen LogP contribution >= 0.6 is 22.7 Å². The summed E-state index contributed by atoms with van der Waals surface area (Å²) >= 11 is 2.98. The standard InChI is InChI=1S/C16H13N5O4S3/c22-21(23)11-3-1-4-13(9-11)28(24,25)17-7-6-12-10-27-16-18-15(19-20(12)16)14-5-2-8-26-14/h1-5,8-10,17H,6-7H2. The molecule has 28 heavy (non-hydrogen) atoms. The number of sulfonamides is 1. The average molecular weight is 436 g/mol. The second-order valence-corrected chi connectivity index (χ2v) is 9.29. The number of thiazole rings is 1. The van der Waals surface area contributed by atoms with Gasteiger partial charge in [0.1, 0.15) is 0 Å². The Morgan fingerprint density at radius 1 is 1.21 bits per heavy atom. The third kappa shape index (κ3) is 3.67. The highest BCUT2D eigenvalue weighted by Gasteiger charge is 2.18. The number of nitro groups is 1. The predicted molar refractivity (Wildman–Crippen MR) is 106 cm³/mol. The molecule has 9 nitrogen and oxygen atoms in total. The van der Waals surface area contributed by atoms with Crippen molar-refractivity contribution >= 4 is 43.3 Å². The lowest BCUT2D eigenvalue weighted by Crippen LogP contribution is -2.26. The van der Waals surface area contributed by atoms with Crippen LogP contribution in [-0.2, 0) is 16.4 Å². The van der Waals surface area contributed by atoms with Crippen LogP contribution in [0.1, 0.15) is 5.69 Å². The Morgan fingerprint density at radius 3 is 2.82 bits per heavy atom. The largest absolute Gasteiger partial charge is 0.270 e. The van der Waals surface area contributed by atoms with Gasteiger partial charge in [-0.2, -0.15) is 4.98 Å². The van der Waals surface area contributed by atoms with E-state index in [0.29, 0.717) is 12.2 Å². The van der Waals surface area contributed by atoms with Gasteiger partial charge in [0.2, 0.25) is 15.0 Å². The van der Waals surface area contributed by atoms with Crippen LogP contribution in [0.3, 0.4) is 0 Å². The van der Waals surface area contributed by atoms with E-state index < -0.39 is 14.9 Å². The van der Waals surface area contributed by atoms with E-state index in [1.165, 1.54) is 29.5 Å². The molecule has 0 aliphatic rings. The Kier molecular flexibility index (Phi) is 4.93. The number of hydrogen-bond acceptors (Lipinski definition) is 8. The van der Waals surface area contributed by atoms with Crippen LogP contribution < -0.4 is 4.72 Å². The molecule has 0 unspecified atom stereocenters. The molecule has 0 aliphatic heterocycles. The van der Waals surface area contributed by atoms with Crippen molar-refractivity contribution in [3.63, 3.8) is 0 Å². The molecule has 0 saturated carbocycles. The van der Waals surface area contributed by atoms with E-state index in [-0.39, 0.29) is 17.1 Å². The van der Waals surface area contributed by atoms with Crippen LogP contribution in [0.25, 0.3) is 15.7 Å². The molecule has 0 atom stereocenters. The number of hydrogen-bond donors (Lipinski definition) is 1. The van der Waals surface area contributed by atoms with Crippen LogP contribution in [0.2, 0.25) is 0 Å². The van der Waals surface area contributed by atoms with Gasteiger partial charge in [-0.05, 0) is 17.5 Å². The molecule has 0 aliphatic carbocycles. The molecule has 1 N–H and O–H groups in total. The summed E-state index contributed by atoms with van der Waals surface area (Å²) in [5.41, 5.74) is 0.559. The van der Waals surface area contributed by atoms with E-state index in [1.54, 1.807) is 15.9 Å². The van der Waals surface area contributed by atoms with Crippen molar-refractivity contribution in [3.8, 4) is 10.7 Å². The fraction of sp³-hybridized carbons (Fsp3) is 0.125. The van der Waals surface area contributed by atoms with Gasteiger partial charge in [-0.3, -0.25) is 10.1 Å². The van der Waals surface area contributed by atoms with Crippen LogP contribution in [0, 0.1) is 10.1 Å². The average Bonchev–Trinajstić information content (AvgIpc) is 3.39. The second kappa shape index (κ2) is 7.39. The minimum Gasteiger partial charge on any atom is -0.258 e. The maximum absolute atomic E-state index is 12.4. The Labute approximate surface area is 167 Å². The van der Waals surface area contributed by atoms with Gasteiger partial charge in [0.15, 0.2) is 5.82 Å². The van der Waals surface area contributed by atoms with Crippen molar-refractivity contribution in [1.29, 1.82) is 0 Å². The van der Waals surface area contributed by atoms with E-state index in [9.17, 15) is 18.5 Å². The zero-order valence-corrected chi connectivity index (χ0v) is 16.6. The number of non-ortho nitro benzene ring substituents is 1. The summed E-state index contributed by atoms with van der Waals surface area (Å²) in [7, 11) is -3.85. The summed E-state index contributed by atoms with van der Waals surface area (Å²) < 4.78 is 29.0. The summed E-state index contributed by atoms with van der Waals surface area (Å²) in [5, 5.41) is 19.2. The van der Waals surface area contributed by atoms with Gasteiger partial charge < -0.3 is 0 Å². The van der Waals surface area contributed by atoms with Crippen molar-refractivity contribution < 1.29 is 13.3 Å². The number of nitrogens with one attached hydrogen (secondary N) is 1. The van der Waals surface area contributed by atoms with E-state index in [1.807, 2.05) is 22.9 Å². The Balaban J connectivity index is 1.47. The maximum atomic E-state index is 12.4. The molecule has 3 aromatic heterocycles. The molecule has 144 valence electrons. The van der Waals surface area contributed by atoms with Crippen molar-refractivity contribution in [2.45, 2.75) is 11.3 Å². The van der Waals surface area contributed by atoms with Gasteiger partial charge in [0.05, 0.1) is 20.4 Å². The minimum absolute atomic E-state index is 0.130. The number of rotatable bonds is 7. The van der Waals surface area contributed by atoms with Crippen LogP contribution in [-0.4, -0.2) is 34.5 Å². The highest BCUT2D eigenvalue weighted by atomic mass is 32.2. The number of benzene rings is 1. The van der Waals surface area contributed by atoms with Crippen molar-refractivity contribution in [2.24, 2.45) is 0 Å². The highest BCUT2D eigenvalue weighted by Crippen LogP contribution is 2.24. The lowest BCUT2D eigenvalue weighted by molar-refractivity contribution is -0.385. The first-order valence-corrected chi connectivity index (χ1v) is 11.3. The quantitative estimate of drug-likeness (QED) is 0.352. The first-order valence-electron chi connectivity index (χ1n) is 8.05. The SMILES string of the molecule is O=[N+]([O-])c1cccc(S(=O)(=O)NCCc2csc3nc(-c4cccs4)nn23)c1. The molecule has 12 heteroatoms. The number of fused-ring (bicyclic) bond motifs is 1. The Morgan fingerprint density at radius 2 is 2.07 bits per heavy atom. The first kappa shape index (κ1) is 18.7. The number of thiophene rings is 1. The minimum atomic E-state index is -3.85. The van der Waals surface area contributed by atoms with Crippen molar-refractivity contribution in [2.75, 3.05) is 6.54 Å². The van der Waals surface area contributed by atoms with Crippen molar-refractivity contribution in [3.05, 3.63) is 63.0 Å². The molecule has 0 amide bonds. The lowest BCUT2D eigenvalue weighted by atomic mass is 10.3. The summed E-state index contributed by atoms with van der Waals surface area (Å²) in [5.74, 6) is 0.639. The van der Waals surface area contributed by atoms with Crippen LogP contribution in [0.4, 0.5) is 5.69 Å². The number of nitrogens with zero attached hydrogens (tertiary/aromatic N) is 4.